The molecule has 0 aromatic heterocycles. The maximum Gasteiger partial charge on any atom is 0.193 e. The molecule has 0 bridgehead atoms. The summed E-state index contributed by atoms with van der Waals surface area (Å²) in [4.78, 5) is 6.67. The first kappa shape index (κ1) is 20.0. The predicted molar refractivity (Wildman–Crippen MR) is 113 cm³/mol. The van der Waals surface area contributed by atoms with Gasteiger partial charge in [0.15, 0.2) is 5.96 Å². The summed E-state index contributed by atoms with van der Waals surface area (Å²) >= 11 is 3.62. The maximum atomic E-state index is 5.88. The van der Waals surface area contributed by atoms with Gasteiger partial charge in [-0.05, 0) is 18.1 Å². The first-order valence-corrected chi connectivity index (χ1v) is 9.04. The van der Waals surface area contributed by atoms with Gasteiger partial charge in [0.25, 0.3) is 0 Å². The Kier molecular flexibility index (Phi) is 6.58. The number of nitrogens with zero attached hydrogens (tertiary/aromatic N) is 2. The van der Waals surface area contributed by atoms with Gasteiger partial charge in [-0.1, -0.05) is 48.0 Å². The van der Waals surface area contributed by atoms with E-state index in [1.165, 1.54) is 5.56 Å². The van der Waals surface area contributed by atoms with E-state index in [9.17, 15) is 0 Å². The summed E-state index contributed by atoms with van der Waals surface area (Å²) in [6.07, 6.45) is 1.54. The van der Waals surface area contributed by atoms with Crippen LogP contribution in [0, 0.1) is 11.3 Å². The van der Waals surface area contributed by atoms with Gasteiger partial charge in [0, 0.05) is 49.1 Å². The largest absolute Gasteiger partial charge is 0.377 e. The lowest BCUT2D eigenvalue weighted by Gasteiger charge is -2.55. The van der Waals surface area contributed by atoms with Crippen molar-refractivity contribution in [2.24, 2.45) is 16.3 Å². The van der Waals surface area contributed by atoms with Crippen molar-refractivity contribution in [2.75, 3.05) is 20.7 Å². The van der Waals surface area contributed by atoms with Crippen molar-refractivity contribution >= 4 is 45.9 Å². The van der Waals surface area contributed by atoms with Crippen LogP contribution < -0.4 is 5.32 Å². The summed E-state index contributed by atoms with van der Waals surface area (Å²) in [6.45, 7) is 6.29. The number of benzene rings is 1. The molecule has 0 radical (unpaired) electrons. The van der Waals surface area contributed by atoms with E-state index in [1.807, 2.05) is 13.1 Å². The molecule has 1 aliphatic carbocycles. The SMILES string of the molecule is CN=C(NC1C2CCOC2C1(C)C)N(C)Cc1ccccc1Br.I. The Labute approximate surface area is 170 Å². The van der Waals surface area contributed by atoms with Crippen LogP contribution in [-0.4, -0.2) is 43.7 Å². The number of hydrogen-bond acceptors (Lipinski definition) is 2. The average Bonchev–Trinajstić information content (AvgIpc) is 2.97. The Hall–Kier alpha value is -0.340. The smallest absolute Gasteiger partial charge is 0.193 e. The van der Waals surface area contributed by atoms with E-state index in [2.05, 4.69) is 70.2 Å². The molecule has 3 atom stereocenters. The number of rotatable bonds is 3. The van der Waals surface area contributed by atoms with Gasteiger partial charge in [-0.2, -0.15) is 0 Å². The second-order valence-electron chi connectivity index (χ2n) is 7.18. The Morgan fingerprint density at radius 2 is 2.12 bits per heavy atom. The third-order valence-corrected chi connectivity index (χ3v) is 6.10. The minimum Gasteiger partial charge on any atom is -0.377 e. The third kappa shape index (κ3) is 3.60. The molecule has 2 aliphatic rings. The van der Waals surface area contributed by atoms with Crippen molar-refractivity contribution in [3.8, 4) is 0 Å². The summed E-state index contributed by atoms with van der Waals surface area (Å²) in [5, 5.41) is 3.68. The molecule has 0 spiro atoms. The Balaban J connectivity index is 0.00000208. The number of ether oxygens (including phenoxy) is 1. The number of guanidine groups is 1. The molecule has 2 fully saturated rings. The zero-order chi connectivity index (χ0) is 16.6. The Morgan fingerprint density at radius 3 is 2.79 bits per heavy atom. The molecule has 1 heterocycles. The molecular formula is C18H27BrIN3O. The molecule has 1 saturated carbocycles. The molecule has 1 aromatic carbocycles. The van der Waals surface area contributed by atoms with Crippen molar-refractivity contribution in [1.29, 1.82) is 0 Å². The van der Waals surface area contributed by atoms with Crippen LogP contribution in [0.25, 0.3) is 0 Å². The summed E-state index contributed by atoms with van der Waals surface area (Å²) in [7, 11) is 3.94. The lowest BCUT2D eigenvalue weighted by Crippen LogP contribution is -2.67. The van der Waals surface area contributed by atoms with Crippen molar-refractivity contribution in [3.63, 3.8) is 0 Å². The van der Waals surface area contributed by atoms with Gasteiger partial charge in [0.1, 0.15) is 0 Å². The molecule has 3 rings (SSSR count). The number of fused-ring (bicyclic) bond motifs is 1. The first-order chi connectivity index (χ1) is 10.9. The maximum absolute atomic E-state index is 5.88. The lowest BCUT2D eigenvalue weighted by atomic mass is 9.57. The van der Waals surface area contributed by atoms with Gasteiger partial charge >= 0.3 is 0 Å². The Morgan fingerprint density at radius 1 is 1.42 bits per heavy atom. The molecule has 4 nitrogen and oxygen atoms in total. The summed E-state index contributed by atoms with van der Waals surface area (Å²) in [5.41, 5.74) is 1.42. The number of hydrogen-bond donors (Lipinski definition) is 1. The minimum atomic E-state index is 0. The highest BCUT2D eigenvalue weighted by molar-refractivity contribution is 14.0. The highest BCUT2D eigenvalue weighted by Gasteiger charge is 2.59. The van der Waals surface area contributed by atoms with Crippen LogP contribution >= 0.6 is 39.9 Å². The van der Waals surface area contributed by atoms with E-state index in [0.717, 1.165) is 30.0 Å². The van der Waals surface area contributed by atoms with E-state index >= 15 is 0 Å². The standard InChI is InChI=1S/C18H26BrN3O.HI/c1-18(2)15(13-9-10-23-16(13)18)21-17(20-3)22(4)11-12-7-5-6-8-14(12)19;/h5-8,13,15-16H,9-11H2,1-4H3,(H,20,21);1H. The molecule has 1 aliphatic heterocycles. The molecule has 1 aromatic rings. The van der Waals surface area contributed by atoms with E-state index in [1.54, 1.807) is 0 Å². The van der Waals surface area contributed by atoms with Gasteiger partial charge in [0.2, 0.25) is 0 Å². The fraction of sp³-hybridized carbons (Fsp3) is 0.611. The second-order valence-corrected chi connectivity index (χ2v) is 8.04. The zero-order valence-corrected chi connectivity index (χ0v) is 18.7. The van der Waals surface area contributed by atoms with Crippen LogP contribution in [0.2, 0.25) is 0 Å². The topological polar surface area (TPSA) is 36.9 Å². The van der Waals surface area contributed by atoms with Gasteiger partial charge in [-0.3, -0.25) is 4.99 Å². The summed E-state index contributed by atoms with van der Waals surface area (Å²) in [6, 6.07) is 8.75. The van der Waals surface area contributed by atoms with Crippen LogP contribution in [0.3, 0.4) is 0 Å². The molecule has 0 amide bonds. The van der Waals surface area contributed by atoms with Crippen LogP contribution in [0.15, 0.2) is 33.7 Å². The normalized spacial score (nSPS) is 27.7. The third-order valence-electron chi connectivity index (χ3n) is 5.32. The number of halogens is 2. The van der Waals surface area contributed by atoms with Crippen molar-refractivity contribution in [3.05, 3.63) is 34.3 Å². The number of aliphatic imine (C=N–C) groups is 1. The predicted octanol–water partition coefficient (Wildman–Crippen LogP) is 3.89. The van der Waals surface area contributed by atoms with Crippen LogP contribution in [-0.2, 0) is 11.3 Å². The van der Waals surface area contributed by atoms with Crippen LogP contribution in [0.1, 0.15) is 25.8 Å². The van der Waals surface area contributed by atoms with Crippen molar-refractivity contribution in [1.82, 2.24) is 10.2 Å². The average molecular weight is 508 g/mol. The summed E-state index contributed by atoms with van der Waals surface area (Å²) in [5.74, 6) is 1.56. The molecule has 6 heteroatoms. The minimum absolute atomic E-state index is 0. The lowest BCUT2D eigenvalue weighted by molar-refractivity contribution is -0.107. The van der Waals surface area contributed by atoms with E-state index < -0.39 is 0 Å². The van der Waals surface area contributed by atoms with Gasteiger partial charge in [0.05, 0.1) is 6.10 Å². The first-order valence-electron chi connectivity index (χ1n) is 8.24. The van der Waals surface area contributed by atoms with E-state index in [0.29, 0.717) is 18.1 Å². The Bertz CT molecular complexity index is 608. The fourth-order valence-electron chi connectivity index (χ4n) is 4.06. The number of nitrogens with one attached hydrogen (secondary N) is 1. The summed E-state index contributed by atoms with van der Waals surface area (Å²) < 4.78 is 7.02. The highest BCUT2D eigenvalue weighted by atomic mass is 127. The second kappa shape index (κ2) is 7.91. The van der Waals surface area contributed by atoms with Crippen LogP contribution in [0.5, 0.6) is 0 Å². The molecule has 1 N–H and O–H groups in total. The van der Waals surface area contributed by atoms with Gasteiger partial charge in [-0.15, -0.1) is 24.0 Å². The van der Waals surface area contributed by atoms with E-state index in [-0.39, 0.29) is 29.4 Å². The molecule has 24 heavy (non-hydrogen) atoms. The highest BCUT2D eigenvalue weighted by Crippen LogP contribution is 2.52. The van der Waals surface area contributed by atoms with Gasteiger partial charge in [-0.25, -0.2) is 0 Å². The monoisotopic (exact) mass is 507 g/mol. The molecule has 1 saturated heterocycles. The molecule has 134 valence electrons. The van der Waals surface area contributed by atoms with E-state index in [4.69, 9.17) is 4.74 Å². The zero-order valence-electron chi connectivity index (χ0n) is 14.8. The van der Waals surface area contributed by atoms with Crippen molar-refractivity contribution in [2.45, 2.75) is 39.0 Å². The molecular weight excluding hydrogens is 481 g/mol. The van der Waals surface area contributed by atoms with Crippen LogP contribution in [0.4, 0.5) is 0 Å². The van der Waals surface area contributed by atoms with Gasteiger partial charge < -0.3 is 15.0 Å². The molecule has 3 unspecified atom stereocenters. The van der Waals surface area contributed by atoms with Crippen molar-refractivity contribution < 1.29 is 4.74 Å². The fourth-order valence-corrected chi connectivity index (χ4v) is 4.47. The quantitative estimate of drug-likeness (QED) is 0.383.